The van der Waals surface area contributed by atoms with E-state index < -0.39 is 6.04 Å². The molecule has 98 valence electrons. The second-order valence-corrected chi connectivity index (χ2v) is 5.01. The van der Waals surface area contributed by atoms with Gasteiger partial charge in [0.05, 0.1) is 6.54 Å². The van der Waals surface area contributed by atoms with E-state index in [2.05, 4.69) is 5.32 Å². The van der Waals surface area contributed by atoms with Crippen molar-refractivity contribution in [3.63, 3.8) is 0 Å². The Bertz CT molecular complexity index is 594. The minimum absolute atomic E-state index is 0.0370. The molecule has 1 atom stereocenters. The topological polar surface area (TPSA) is 66.5 Å². The molecule has 2 heterocycles. The maximum Gasteiger partial charge on any atom is 0.255 e. The zero-order valence-corrected chi connectivity index (χ0v) is 10.6. The summed E-state index contributed by atoms with van der Waals surface area (Å²) in [5, 5.41) is 2.54. The SMILES string of the molecule is Cc1cccc2c1CN(C1CC(=O)CNC1=O)C2=O. The van der Waals surface area contributed by atoms with Crippen molar-refractivity contribution in [3.8, 4) is 0 Å². The number of ketones is 1. The molecule has 2 aliphatic rings. The lowest BCUT2D eigenvalue weighted by molar-refractivity contribution is -0.134. The number of Topliss-reactive ketones (excluding diaryl/α,β-unsaturated/α-hetero) is 1. The number of aryl methyl sites for hydroxylation is 1. The fourth-order valence-corrected chi connectivity index (χ4v) is 2.70. The summed E-state index contributed by atoms with van der Waals surface area (Å²) in [4.78, 5) is 37.2. The maximum atomic E-state index is 12.3. The molecule has 1 unspecified atom stereocenters. The molecule has 1 N–H and O–H groups in total. The average Bonchev–Trinajstić information content (AvgIpc) is 2.72. The van der Waals surface area contributed by atoms with Crippen molar-refractivity contribution < 1.29 is 14.4 Å². The molecule has 2 aliphatic heterocycles. The molecular formula is C14H14N2O3. The minimum Gasteiger partial charge on any atom is -0.347 e. The summed E-state index contributed by atoms with van der Waals surface area (Å²) < 4.78 is 0. The number of hydrogen-bond acceptors (Lipinski definition) is 3. The molecule has 3 rings (SSSR count). The van der Waals surface area contributed by atoms with Crippen molar-refractivity contribution in [2.75, 3.05) is 6.54 Å². The van der Waals surface area contributed by atoms with Crippen LogP contribution in [0.5, 0.6) is 0 Å². The van der Waals surface area contributed by atoms with Gasteiger partial charge in [-0.2, -0.15) is 0 Å². The highest BCUT2D eigenvalue weighted by molar-refractivity contribution is 6.04. The first kappa shape index (κ1) is 11.9. The first-order valence-corrected chi connectivity index (χ1v) is 6.27. The Hall–Kier alpha value is -2.17. The molecule has 19 heavy (non-hydrogen) atoms. The van der Waals surface area contributed by atoms with Gasteiger partial charge in [-0.05, 0) is 24.1 Å². The Balaban J connectivity index is 1.93. The van der Waals surface area contributed by atoms with Crippen molar-refractivity contribution in [1.29, 1.82) is 0 Å². The van der Waals surface area contributed by atoms with Crippen LogP contribution in [0, 0.1) is 6.92 Å². The fourth-order valence-electron chi connectivity index (χ4n) is 2.70. The molecule has 1 fully saturated rings. The van der Waals surface area contributed by atoms with Crippen molar-refractivity contribution in [1.82, 2.24) is 10.2 Å². The van der Waals surface area contributed by atoms with Gasteiger partial charge < -0.3 is 10.2 Å². The van der Waals surface area contributed by atoms with Gasteiger partial charge >= 0.3 is 0 Å². The standard InChI is InChI=1S/C14H14N2O3/c1-8-3-2-4-10-11(8)7-16(14(10)19)12-5-9(17)6-15-13(12)18/h2-4,12H,5-7H2,1H3,(H,15,18). The molecule has 0 saturated carbocycles. The summed E-state index contributed by atoms with van der Waals surface area (Å²) in [5.41, 5.74) is 2.64. The van der Waals surface area contributed by atoms with Crippen LogP contribution < -0.4 is 5.32 Å². The number of carbonyl (C=O) groups excluding carboxylic acids is 3. The van der Waals surface area contributed by atoms with E-state index in [0.717, 1.165) is 11.1 Å². The molecule has 2 amide bonds. The van der Waals surface area contributed by atoms with Gasteiger partial charge in [0, 0.05) is 18.5 Å². The van der Waals surface area contributed by atoms with E-state index in [4.69, 9.17) is 0 Å². The normalized spacial score (nSPS) is 22.5. The van der Waals surface area contributed by atoms with Crippen LogP contribution in [0.2, 0.25) is 0 Å². The Kier molecular flexibility index (Phi) is 2.62. The van der Waals surface area contributed by atoms with Crippen molar-refractivity contribution >= 4 is 17.6 Å². The van der Waals surface area contributed by atoms with Gasteiger partial charge in [0.15, 0.2) is 5.78 Å². The molecule has 0 spiro atoms. The molecule has 1 saturated heterocycles. The minimum atomic E-state index is -0.666. The predicted molar refractivity (Wildman–Crippen MR) is 67.5 cm³/mol. The van der Waals surface area contributed by atoms with Crippen LogP contribution in [0.1, 0.15) is 27.9 Å². The quantitative estimate of drug-likeness (QED) is 0.793. The Labute approximate surface area is 110 Å². The number of nitrogens with one attached hydrogen (secondary N) is 1. The number of hydrogen-bond donors (Lipinski definition) is 1. The Morgan fingerprint density at radius 1 is 1.26 bits per heavy atom. The molecular weight excluding hydrogens is 244 g/mol. The van der Waals surface area contributed by atoms with E-state index in [1.165, 1.54) is 4.90 Å². The molecule has 0 aliphatic carbocycles. The molecule has 5 nitrogen and oxygen atoms in total. The number of rotatable bonds is 1. The lowest BCUT2D eigenvalue weighted by Crippen LogP contribution is -2.53. The third-order valence-corrected chi connectivity index (χ3v) is 3.79. The summed E-state index contributed by atoms with van der Waals surface area (Å²) in [6.07, 6.45) is 0.116. The van der Waals surface area contributed by atoms with Crippen LogP contribution in [-0.4, -0.2) is 35.1 Å². The van der Waals surface area contributed by atoms with Crippen LogP contribution in [0.3, 0.4) is 0 Å². The van der Waals surface area contributed by atoms with E-state index in [9.17, 15) is 14.4 Å². The van der Waals surface area contributed by atoms with E-state index in [0.29, 0.717) is 12.1 Å². The second kappa shape index (κ2) is 4.19. The van der Waals surface area contributed by atoms with Gasteiger partial charge in [-0.15, -0.1) is 0 Å². The summed E-state index contributed by atoms with van der Waals surface area (Å²) >= 11 is 0. The first-order chi connectivity index (χ1) is 9.08. The lowest BCUT2D eigenvalue weighted by Gasteiger charge is -2.29. The van der Waals surface area contributed by atoms with E-state index >= 15 is 0 Å². The van der Waals surface area contributed by atoms with Gasteiger partial charge in [0.1, 0.15) is 6.04 Å². The highest BCUT2D eigenvalue weighted by Crippen LogP contribution is 2.28. The molecule has 5 heteroatoms. The summed E-state index contributed by atoms with van der Waals surface area (Å²) in [6, 6.07) is 4.89. The van der Waals surface area contributed by atoms with Crippen LogP contribution >= 0.6 is 0 Å². The van der Waals surface area contributed by atoms with E-state index in [1.54, 1.807) is 6.07 Å². The van der Waals surface area contributed by atoms with Gasteiger partial charge in [-0.25, -0.2) is 0 Å². The largest absolute Gasteiger partial charge is 0.347 e. The first-order valence-electron chi connectivity index (χ1n) is 6.27. The summed E-state index contributed by atoms with van der Waals surface area (Å²) in [5.74, 6) is -0.433. The van der Waals surface area contributed by atoms with Gasteiger partial charge in [-0.1, -0.05) is 12.1 Å². The Morgan fingerprint density at radius 3 is 2.79 bits per heavy atom. The number of amides is 2. The predicted octanol–water partition coefficient (Wildman–Crippen LogP) is 0.408. The smallest absolute Gasteiger partial charge is 0.255 e. The maximum absolute atomic E-state index is 12.3. The number of fused-ring (bicyclic) bond motifs is 1. The van der Waals surface area contributed by atoms with Gasteiger partial charge in [-0.3, -0.25) is 14.4 Å². The highest BCUT2D eigenvalue weighted by Gasteiger charge is 2.39. The number of piperidine rings is 1. The van der Waals surface area contributed by atoms with Crippen molar-refractivity contribution in [2.45, 2.75) is 25.9 Å². The zero-order chi connectivity index (χ0) is 13.6. The number of benzene rings is 1. The van der Waals surface area contributed by atoms with Crippen LogP contribution in [0.25, 0.3) is 0 Å². The monoisotopic (exact) mass is 258 g/mol. The second-order valence-electron chi connectivity index (χ2n) is 5.01. The van der Waals surface area contributed by atoms with Crippen LogP contribution in [0.4, 0.5) is 0 Å². The van der Waals surface area contributed by atoms with E-state index in [1.807, 2.05) is 19.1 Å². The Morgan fingerprint density at radius 2 is 2.05 bits per heavy atom. The number of carbonyl (C=O) groups is 3. The van der Waals surface area contributed by atoms with Gasteiger partial charge in [0.2, 0.25) is 5.91 Å². The highest BCUT2D eigenvalue weighted by atomic mass is 16.2. The average molecular weight is 258 g/mol. The van der Waals surface area contributed by atoms with Gasteiger partial charge in [0.25, 0.3) is 5.91 Å². The van der Waals surface area contributed by atoms with Crippen LogP contribution in [0.15, 0.2) is 18.2 Å². The van der Waals surface area contributed by atoms with Crippen LogP contribution in [-0.2, 0) is 16.1 Å². The molecule has 0 aromatic heterocycles. The van der Waals surface area contributed by atoms with Crippen molar-refractivity contribution in [3.05, 3.63) is 34.9 Å². The molecule has 0 bridgehead atoms. The molecule has 1 aromatic carbocycles. The molecule has 1 aromatic rings. The van der Waals surface area contributed by atoms with Crippen molar-refractivity contribution in [2.24, 2.45) is 0 Å². The fraction of sp³-hybridized carbons (Fsp3) is 0.357. The molecule has 0 radical (unpaired) electrons. The van der Waals surface area contributed by atoms with E-state index in [-0.39, 0.29) is 30.6 Å². The summed E-state index contributed by atoms with van der Waals surface area (Å²) in [7, 11) is 0. The third-order valence-electron chi connectivity index (χ3n) is 3.79. The third kappa shape index (κ3) is 1.82. The number of nitrogens with zero attached hydrogens (tertiary/aromatic N) is 1. The lowest BCUT2D eigenvalue weighted by atomic mass is 10.0. The summed E-state index contributed by atoms with van der Waals surface area (Å²) in [6.45, 7) is 2.43. The zero-order valence-electron chi connectivity index (χ0n) is 10.6.